The third-order valence-electron chi connectivity index (χ3n) is 15.0. The first-order valence-corrected chi connectivity index (χ1v) is 33.8. The predicted octanol–water partition coefficient (Wildman–Crippen LogP) is 23.1. The zero-order valence-corrected chi connectivity index (χ0v) is 51.5. The molecule has 0 aliphatic rings. The van der Waals surface area contributed by atoms with Gasteiger partial charge in [-0.1, -0.05) is 332 Å². The third-order valence-corrected chi connectivity index (χ3v) is 15.0. The topological polar surface area (TPSA) is 78.9 Å². The van der Waals surface area contributed by atoms with Gasteiger partial charge in [0, 0.05) is 19.3 Å². The number of unbranched alkanes of at least 4 members (excludes halogenated alkanes) is 41. The molecule has 0 saturated carbocycles. The number of allylic oxidation sites excluding steroid dienone is 10. The van der Waals surface area contributed by atoms with E-state index in [9.17, 15) is 14.4 Å². The quantitative estimate of drug-likeness (QED) is 0.0261. The van der Waals surface area contributed by atoms with Crippen LogP contribution >= 0.6 is 0 Å². The van der Waals surface area contributed by atoms with E-state index in [-0.39, 0.29) is 31.1 Å². The molecule has 0 aliphatic carbocycles. The summed E-state index contributed by atoms with van der Waals surface area (Å²) in [7, 11) is 0. The van der Waals surface area contributed by atoms with Gasteiger partial charge in [-0.3, -0.25) is 14.4 Å². The average molecular weight is 1080 g/mol. The summed E-state index contributed by atoms with van der Waals surface area (Å²) in [5.74, 6) is -0.843. The summed E-state index contributed by atoms with van der Waals surface area (Å²) < 4.78 is 16.9. The molecule has 0 saturated heterocycles. The van der Waals surface area contributed by atoms with Crippen LogP contribution in [-0.4, -0.2) is 37.2 Å². The molecule has 77 heavy (non-hydrogen) atoms. The van der Waals surface area contributed by atoms with Crippen molar-refractivity contribution in [1.82, 2.24) is 0 Å². The molecule has 0 aromatic carbocycles. The molecule has 0 bridgehead atoms. The summed E-state index contributed by atoms with van der Waals surface area (Å²) in [6, 6.07) is 0. The van der Waals surface area contributed by atoms with Crippen LogP contribution in [0.2, 0.25) is 0 Å². The van der Waals surface area contributed by atoms with Gasteiger partial charge in [0.25, 0.3) is 0 Å². The molecule has 1 unspecified atom stereocenters. The van der Waals surface area contributed by atoms with Crippen LogP contribution in [0.4, 0.5) is 0 Å². The first-order valence-electron chi connectivity index (χ1n) is 33.8. The van der Waals surface area contributed by atoms with Crippen molar-refractivity contribution in [2.45, 2.75) is 361 Å². The van der Waals surface area contributed by atoms with E-state index < -0.39 is 6.10 Å². The van der Waals surface area contributed by atoms with Gasteiger partial charge in [-0.25, -0.2) is 0 Å². The van der Waals surface area contributed by atoms with Crippen molar-refractivity contribution in [1.29, 1.82) is 0 Å². The van der Waals surface area contributed by atoms with E-state index >= 15 is 0 Å². The minimum atomic E-state index is -0.769. The molecule has 6 heteroatoms. The molecule has 0 aliphatic heterocycles. The second-order valence-corrected chi connectivity index (χ2v) is 22.7. The van der Waals surface area contributed by atoms with Gasteiger partial charge in [0.05, 0.1) is 0 Å². The largest absolute Gasteiger partial charge is 0.462 e. The summed E-state index contributed by atoms with van der Waals surface area (Å²) in [6.45, 7) is 6.58. The smallest absolute Gasteiger partial charge is 0.306 e. The van der Waals surface area contributed by atoms with Gasteiger partial charge in [-0.15, -0.1) is 0 Å². The molecule has 0 fully saturated rings. The van der Waals surface area contributed by atoms with E-state index in [2.05, 4.69) is 81.5 Å². The Morgan fingerprint density at radius 1 is 0.273 bits per heavy atom. The summed E-state index contributed by atoms with van der Waals surface area (Å²) in [5, 5.41) is 0. The van der Waals surface area contributed by atoms with E-state index in [0.717, 1.165) is 89.9 Å². The Morgan fingerprint density at radius 3 is 0.792 bits per heavy atom. The van der Waals surface area contributed by atoms with Gasteiger partial charge in [-0.05, 0) is 64.2 Å². The average Bonchev–Trinajstić information content (AvgIpc) is 3.43. The number of esters is 3. The lowest BCUT2D eigenvalue weighted by atomic mass is 10.0. The maximum Gasteiger partial charge on any atom is 0.306 e. The Labute approximate surface area is 479 Å². The van der Waals surface area contributed by atoms with Crippen LogP contribution in [0.5, 0.6) is 0 Å². The van der Waals surface area contributed by atoms with Crippen molar-refractivity contribution in [2.24, 2.45) is 0 Å². The summed E-state index contributed by atoms with van der Waals surface area (Å²) in [6.07, 6.45) is 83.9. The van der Waals surface area contributed by atoms with Crippen molar-refractivity contribution in [3.05, 3.63) is 60.8 Å². The molecular weight excluding hydrogens is 949 g/mol. The van der Waals surface area contributed by atoms with Crippen LogP contribution in [0, 0.1) is 0 Å². The van der Waals surface area contributed by atoms with Gasteiger partial charge < -0.3 is 14.2 Å². The Balaban J connectivity index is 4.15. The van der Waals surface area contributed by atoms with E-state index in [0.29, 0.717) is 19.3 Å². The number of rotatable bonds is 62. The first kappa shape index (κ1) is 74.1. The zero-order valence-electron chi connectivity index (χ0n) is 51.5. The van der Waals surface area contributed by atoms with Gasteiger partial charge in [-0.2, -0.15) is 0 Å². The normalized spacial score (nSPS) is 12.4. The zero-order chi connectivity index (χ0) is 55.7. The number of hydrogen-bond donors (Lipinski definition) is 0. The minimum absolute atomic E-state index is 0.0669. The highest BCUT2D eigenvalue weighted by molar-refractivity contribution is 5.71. The van der Waals surface area contributed by atoms with Gasteiger partial charge in [0.1, 0.15) is 13.2 Å². The molecule has 0 rings (SSSR count). The summed E-state index contributed by atoms with van der Waals surface area (Å²) in [4.78, 5) is 38.3. The fraction of sp³-hybridized carbons (Fsp3) is 0.817. The molecule has 6 nitrogen and oxygen atoms in total. The number of carbonyl (C=O) groups excluding carboxylic acids is 3. The second kappa shape index (κ2) is 65.6. The highest BCUT2D eigenvalue weighted by Crippen LogP contribution is 2.18. The Kier molecular flexibility index (Phi) is 63.2. The van der Waals surface area contributed by atoms with Crippen LogP contribution < -0.4 is 0 Å². The van der Waals surface area contributed by atoms with Crippen molar-refractivity contribution in [3.8, 4) is 0 Å². The van der Waals surface area contributed by atoms with Gasteiger partial charge in [0.2, 0.25) is 0 Å². The molecule has 0 N–H and O–H groups in total. The number of ether oxygens (including phenoxy) is 3. The van der Waals surface area contributed by atoms with Crippen LogP contribution in [0.25, 0.3) is 0 Å². The Hall–Kier alpha value is -2.89. The lowest BCUT2D eigenvalue weighted by molar-refractivity contribution is -0.167. The molecule has 0 spiro atoms. The molecular formula is C71H128O6. The molecule has 0 radical (unpaired) electrons. The van der Waals surface area contributed by atoms with E-state index in [1.54, 1.807) is 0 Å². The molecule has 0 aromatic rings. The van der Waals surface area contributed by atoms with Crippen LogP contribution in [0.3, 0.4) is 0 Å². The monoisotopic (exact) mass is 1080 g/mol. The Bertz CT molecular complexity index is 1380. The first-order chi connectivity index (χ1) is 38.0. The highest BCUT2D eigenvalue weighted by atomic mass is 16.6. The standard InChI is InChI=1S/C71H128O6/c1-4-7-10-13-16-19-22-25-27-29-30-31-32-33-34-35-36-37-38-39-40-41-42-43-45-46-49-52-55-58-61-64-70(73)76-67-68(66-75-69(72)63-60-57-54-51-48-24-21-18-15-12-9-6-3)77-71(74)65-62-59-56-53-50-47-44-28-26-23-20-17-14-11-8-5-2/h7,10,16,19,25,27,30-31,33-34,68H,4-6,8-9,11-15,17-18,20-24,26,28-29,32,35-67H2,1-3H3/b10-7-,19-16-,27-25-,31-30-,34-33-. The molecule has 448 valence electrons. The van der Waals surface area contributed by atoms with Gasteiger partial charge in [0.15, 0.2) is 6.10 Å². The maximum absolute atomic E-state index is 12.9. The molecule has 0 amide bonds. The van der Waals surface area contributed by atoms with E-state index in [4.69, 9.17) is 14.2 Å². The van der Waals surface area contributed by atoms with Crippen molar-refractivity contribution >= 4 is 17.9 Å². The molecule has 0 aromatic heterocycles. The van der Waals surface area contributed by atoms with Crippen molar-refractivity contribution in [3.63, 3.8) is 0 Å². The second-order valence-electron chi connectivity index (χ2n) is 22.7. The minimum Gasteiger partial charge on any atom is -0.462 e. The number of hydrogen-bond acceptors (Lipinski definition) is 6. The molecule has 1 atom stereocenters. The Morgan fingerprint density at radius 2 is 0.506 bits per heavy atom. The number of carbonyl (C=O) groups is 3. The van der Waals surface area contributed by atoms with Crippen LogP contribution in [0.1, 0.15) is 355 Å². The fourth-order valence-electron chi connectivity index (χ4n) is 10.0. The van der Waals surface area contributed by atoms with Crippen LogP contribution in [0.15, 0.2) is 60.8 Å². The molecule has 0 heterocycles. The fourth-order valence-corrected chi connectivity index (χ4v) is 10.0. The summed E-state index contributed by atoms with van der Waals surface area (Å²) >= 11 is 0. The summed E-state index contributed by atoms with van der Waals surface area (Å²) in [5.41, 5.74) is 0. The van der Waals surface area contributed by atoms with E-state index in [1.165, 1.54) is 225 Å². The van der Waals surface area contributed by atoms with E-state index in [1.807, 2.05) is 0 Å². The van der Waals surface area contributed by atoms with Crippen molar-refractivity contribution < 1.29 is 28.6 Å². The lowest BCUT2D eigenvalue weighted by Gasteiger charge is -2.18. The SMILES string of the molecule is CC/C=C\C/C=C\C/C=C\C/C=C\C/C=C\CCCCCCCCCCCCCCCCCC(=O)OCC(COC(=O)CCCCCCCCCCCCCC)OC(=O)CCCCCCCCCCCCCCCCCC. The predicted molar refractivity (Wildman–Crippen MR) is 335 cm³/mol. The highest BCUT2D eigenvalue weighted by Gasteiger charge is 2.19. The lowest BCUT2D eigenvalue weighted by Crippen LogP contribution is -2.30. The maximum atomic E-state index is 12.9. The third kappa shape index (κ3) is 63.8. The van der Waals surface area contributed by atoms with Crippen molar-refractivity contribution in [2.75, 3.05) is 13.2 Å². The van der Waals surface area contributed by atoms with Crippen LogP contribution in [-0.2, 0) is 28.6 Å². The van der Waals surface area contributed by atoms with Gasteiger partial charge >= 0.3 is 17.9 Å².